The minimum atomic E-state index is -0.393. The molecule has 212 valence electrons. The maximum atomic E-state index is 8.37. The van der Waals surface area contributed by atoms with Crippen LogP contribution in [0.25, 0.3) is 64.4 Å². The van der Waals surface area contributed by atoms with Crippen LogP contribution in [-0.4, -0.2) is 0 Å². The van der Waals surface area contributed by atoms with Gasteiger partial charge in [0.2, 0.25) is 0 Å². The minimum Gasteiger partial charge on any atom is -0.456 e. The van der Waals surface area contributed by atoms with Gasteiger partial charge in [0.15, 0.2) is 0 Å². The number of benzene rings is 7. The molecule has 0 amide bonds. The Hall–Kier alpha value is -5.64. The largest absolute Gasteiger partial charge is 0.456 e. The molecule has 0 saturated carbocycles. The average Bonchev–Trinajstić information content (AvgIpc) is 3.73. The maximum absolute atomic E-state index is 8.37. The summed E-state index contributed by atoms with van der Waals surface area (Å²) in [5.41, 5.74) is 7.53. The van der Waals surface area contributed by atoms with Crippen LogP contribution in [0.1, 0.15) is 6.85 Å². The second-order valence-electron chi connectivity index (χ2n) is 11.0. The first kappa shape index (κ1) is 21.1. The van der Waals surface area contributed by atoms with Gasteiger partial charge >= 0.3 is 0 Å². The Labute approximate surface area is 272 Å². The lowest BCUT2D eigenvalue weighted by Gasteiger charge is -2.27. The minimum absolute atomic E-state index is 0.200. The van der Waals surface area contributed by atoms with Crippen molar-refractivity contribution in [3.8, 4) is 22.3 Å². The molecule has 2 aromatic heterocycles. The molecule has 9 aromatic rings. The van der Waals surface area contributed by atoms with Crippen LogP contribution in [0.5, 0.6) is 0 Å². The standard InChI is InChI=1S/C42H27NOS/c1-2-9-28(10-3-1)29-17-19-30(20-18-29)31-21-23-32(24-22-31)43(33-25-26-39-36(27-33)34-11-4-6-14-38(34)44-39)37-13-8-16-41-42(37)35-12-5-7-15-40(35)45-41/h1-27H/i1D,2D,3D,9D,10D. The fourth-order valence-electron chi connectivity index (χ4n) is 6.25. The molecule has 0 fully saturated rings. The van der Waals surface area contributed by atoms with E-state index in [-0.39, 0.29) is 29.7 Å². The first-order valence-electron chi connectivity index (χ1n) is 17.3. The molecule has 0 aliphatic rings. The molecule has 0 N–H and O–H groups in total. The third-order valence-corrected chi connectivity index (χ3v) is 9.51. The average molecular weight is 599 g/mol. The molecule has 0 aliphatic carbocycles. The zero-order chi connectivity index (χ0) is 34.1. The lowest BCUT2D eigenvalue weighted by atomic mass is 10.00. The zero-order valence-electron chi connectivity index (χ0n) is 29.0. The molecule has 0 radical (unpaired) electrons. The normalized spacial score (nSPS) is 13.1. The van der Waals surface area contributed by atoms with E-state index in [1.54, 1.807) is 11.3 Å². The van der Waals surface area contributed by atoms with Crippen LogP contribution in [0, 0.1) is 0 Å². The van der Waals surface area contributed by atoms with Crippen molar-refractivity contribution >= 4 is 70.5 Å². The molecular weight excluding hydrogens is 567 g/mol. The van der Waals surface area contributed by atoms with Gasteiger partial charge < -0.3 is 9.32 Å². The van der Waals surface area contributed by atoms with Gasteiger partial charge in [0.05, 0.1) is 12.5 Å². The number of fused-ring (bicyclic) bond motifs is 6. The monoisotopic (exact) mass is 598 g/mol. The summed E-state index contributed by atoms with van der Waals surface area (Å²) < 4.78 is 49.5. The van der Waals surface area contributed by atoms with E-state index in [1.165, 1.54) is 20.2 Å². The van der Waals surface area contributed by atoms with Crippen LogP contribution in [0.2, 0.25) is 0 Å². The van der Waals surface area contributed by atoms with E-state index in [0.29, 0.717) is 5.56 Å². The van der Waals surface area contributed by atoms with Crippen LogP contribution in [0.3, 0.4) is 0 Å². The Morgan fingerprint density at radius 1 is 0.489 bits per heavy atom. The molecule has 0 bridgehead atoms. The van der Waals surface area contributed by atoms with E-state index in [0.717, 1.165) is 50.1 Å². The summed E-state index contributed by atoms with van der Waals surface area (Å²) in [5, 5.41) is 4.56. The second-order valence-corrected chi connectivity index (χ2v) is 12.1. The molecule has 0 spiro atoms. The van der Waals surface area contributed by atoms with Crippen LogP contribution >= 0.6 is 11.3 Å². The van der Waals surface area contributed by atoms with Crippen molar-refractivity contribution in [3.63, 3.8) is 0 Å². The van der Waals surface area contributed by atoms with Crippen LogP contribution in [0.4, 0.5) is 17.1 Å². The molecule has 3 heteroatoms. The Kier molecular flexibility index (Phi) is 4.94. The number of thiophene rings is 1. The highest BCUT2D eigenvalue weighted by Gasteiger charge is 2.20. The SMILES string of the molecule is [2H]c1c([2H])c([2H])c(-c2ccc(-c3ccc(N(c4ccc5oc6ccccc6c5c4)c4cccc5sc6ccccc6c45)cc3)cc2)c([2H])c1[2H]. The van der Waals surface area contributed by atoms with Gasteiger partial charge in [0, 0.05) is 42.3 Å². The lowest BCUT2D eigenvalue weighted by Crippen LogP contribution is -2.10. The van der Waals surface area contributed by atoms with Crippen molar-refractivity contribution in [2.24, 2.45) is 0 Å². The van der Waals surface area contributed by atoms with Crippen molar-refractivity contribution < 1.29 is 11.3 Å². The summed E-state index contributed by atoms with van der Waals surface area (Å²) in [6, 6.07) is 44.0. The van der Waals surface area contributed by atoms with Crippen LogP contribution in [0.15, 0.2) is 168 Å². The molecule has 0 aliphatic heterocycles. The molecule has 2 heterocycles. The summed E-state index contributed by atoms with van der Waals surface area (Å²) >= 11 is 1.80. The highest BCUT2D eigenvalue weighted by Crippen LogP contribution is 2.46. The number of nitrogens with zero attached hydrogens (tertiary/aromatic N) is 1. The highest BCUT2D eigenvalue weighted by atomic mass is 32.1. The molecule has 9 rings (SSSR count). The van der Waals surface area contributed by atoms with Gasteiger partial charge in [-0.25, -0.2) is 0 Å². The Bertz CT molecular complexity index is 2740. The number of anilines is 3. The van der Waals surface area contributed by atoms with E-state index >= 15 is 0 Å². The molecule has 2 nitrogen and oxygen atoms in total. The number of furan rings is 1. The number of hydrogen-bond donors (Lipinski definition) is 0. The van der Waals surface area contributed by atoms with Crippen molar-refractivity contribution in [1.82, 2.24) is 0 Å². The van der Waals surface area contributed by atoms with Crippen molar-refractivity contribution in [1.29, 1.82) is 0 Å². The van der Waals surface area contributed by atoms with E-state index < -0.39 is 6.04 Å². The fraction of sp³-hybridized carbons (Fsp3) is 0. The van der Waals surface area contributed by atoms with Gasteiger partial charge in [-0.3, -0.25) is 0 Å². The van der Waals surface area contributed by atoms with Gasteiger partial charge in [0.1, 0.15) is 11.2 Å². The molecule has 0 unspecified atom stereocenters. The number of rotatable bonds is 5. The number of hydrogen-bond acceptors (Lipinski definition) is 3. The zero-order valence-corrected chi connectivity index (χ0v) is 24.8. The van der Waals surface area contributed by atoms with Gasteiger partial charge in [0.25, 0.3) is 0 Å². The van der Waals surface area contributed by atoms with Gasteiger partial charge in [-0.2, -0.15) is 0 Å². The fourth-order valence-corrected chi connectivity index (χ4v) is 7.38. The summed E-state index contributed by atoms with van der Waals surface area (Å²) in [4.78, 5) is 2.31. The summed E-state index contributed by atoms with van der Waals surface area (Å²) in [6.07, 6.45) is 0. The topological polar surface area (TPSA) is 16.4 Å². The first-order valence-corrected chi connectivity index (χ1v) is 15.6. The van der Waals surface area contributed by atoms with Crippen molar-refractivity contribution in [2.45, 2.75) is 0 Å². The number of para-hydroxylation sites is 1. The first-order chi connectivity index (χ1) is 24.4. The molecular formula is C42H27NOS. The van der Waals surface area contributed by atoms with E-state index in [1.807, 2.05) is 42.5 Å². The summed E-state index contributed by atoms with van der Waals surface area (Å²) in [5.74, 6) is 0. The lowest BCUT2D eigenvalue weighted by molar-refractivity contribution is 0.669. The molecule has 0 saturated heterocycles. The van der Waals surface area contributed by atoms with Gasteiger partial charge in [-0.15, -0.1) is 11.3 Å². The summed E-state index contributed by atoms with van der Waals surface area (Å²) in [7, 11) is 0. The van der Waals surface area contributed by atoms with Gasteiger partial charge in [-0.05, 0) is 76.9 Å². The second kappa shape index (κ2) is 10.5. The van der Waals surface area contributed by atoms with E-state index in [9.17, 15) is 0 Å². The summed E-state index contributed by atoms with van der Waals surface area (Å²) in [6.45, 7) is 0. The third-order valence-electron chi connectivity index (χ3n) is 8.37. The Morgan fingerprint density at radius 3 is 1.91 bits per heavy atom. The van der Waals surface area contributed by atoms with Crippen molar-refractivity contribution in [3.05, 3.63) is 164 Å². The Morgan fingerprint density at radius 2 is 1.11 bits per heavy atom. The maximum Gasteiger partial charge on any atom is 0.135 e. The predicted octanol–water partition coefficient (Wildman–Crippen LogP) is 12.8. The van der Waals surface area contributed by atoms with Crippen molar-refractivity contribution in [2.75, 3.05) is 4.90 Å². The highest BCUT2D eigenvalue weighted by molar-refractivity contribution is 7.26. The van der Waals surface area contributed by atoms with Crippen LogP contribution in [-0.2, 0) is 0 Å². The predicted molar refractivity (Wildman–Crippen MR) is 192 cm³/mol. The Balaban J connectivity index is 1.16. The quantitative estimate of drug-likeness (QED) is 0.196. The van der Waals surface area contributed by atoms with Gasteiger partial charge in [-0.1, -0.05) is 109 Å². The van der Waals surface area contributed by atoms with Crippen LogP contribution < -0.4 is 4.90 Å². The molecule has 0 atom stereocenters. The molecule has 45 heavy (non-hydrogen) atoms. The smallest absolute Gasteiger partial charge is 0.135 e. The third kappa shape index (κ3) is 4.40. The van der Waals surface area contributed by atoms with E-state index in [4.69, 9.17) is 11.3 Å². The molecule has 7 aromatic carbocycles. The van der Waals surface area contributed by atoms with E-state index in [2.05, 4.69) is 95.9 Å².